The first kappa shape index (κ1) is 14.9. The predicted molar refractivity (Wildman–Crippen MR) is 100 cm³/mol. The molecule has 2 heteroatoms. The normalized spacial score (nSPS) is 31.1. The third-order valence-corrected chi connectivity index (χ3v) is 6.85. The third-order valence-electron chi connectivity index (χ3n) is 6.85. The highest BCUT2D eigenvalue weighted by molar-refractivity contribution is 5.85. The van der Waals surface area contributed by atoms with Gasteiger partial charge in [0.05, 0.1) is 0 Å². The van der Waals surface area contributed by atoms with E-state index in [4.69, 9.17) is 0 Å². The molecule has 0 radical (unpaired) electrons. The number of benzene rings is 2. The Bertz CT molecular complexity index is 711. The maximum absolute atomic E-state index is 2.82. The van der Waals surface area contributed by atoms with E-state index < -0.39 is 0 Å². The molecule has 2 aromatic carbocycles. The van der Waals surface area contributed by atoms with Crippen molar-refractivity contribution in [3.8, 4) is 0 Å². The summed E-state index contributed by atoms with van der Waals surface area (Å²) in [4.78, 5) is 5.48. The van der Waals surface area contributed by atoms with Crippen LogP contribution in [0.15, 0.2) is 42.5 Å². The van der Waals surface area contributed by atoms with E-state index in [-0.39, 0.29) is 0 Å². The largest absolute Gasteiger partial charge is 0.298 e. The van der Waals surface area contributed by atoms with E-state index in [9.17, 15) is 0 Å². The lowest BCUT2D eigenvalue weighted by molar-refractivity contribution is 0.0681. The molecule has 0 amide bonds. The Morgan fingerprint density at radius 1 is 0.833 bits per heavy atom. The quantitative estimate of drug-likeness (QED) is 0.838. The third kappa shape index (κ3) is 2.66. The fraction of sp³-hybridized carbons (Fsp3) is 0.545. The summed E-state index contributed by atoms with van der Waals surface area (Å²) in [5.74, 6) is 2.09. The lowest BCUT2D eigenvalue weighted by atomic mass is 9.93. The second-order valence-corrected chi connectivity index (χ2v) is 8.19. The summed E-state index contributed by atoms with van der Waals surface area (Å²) in [6.07, 6.45) is 6.04. The van der Waals surface area contributed by atoms with Crippen LogP contribution < -0.4 is 0 Å². The van der Waals surface area contributed by atoms with Crippen LogP contribution in [0.4, 0.5) is 0 Å². The van der Waals surface area contributed by atoms with Crippen molar-refractivity contribution in [2.24, 2.45) is 11.8 Å². The van der Waals surface area contributed by atoms with Crippen LogP contribution >= 0.6 is 0 Å². The van der Waals surface area contributed by atoms with Crippen LogP contribution in [0.5, 0.6) is 0 Å². The maximum Gasteiger partial charge on any atom is 0.0240 e. The van der Waals surface area contributed by atoms with Gasteiger partial charge >= 0.3 is 0 Å². The monoisotopic (exact) mass is 320 g/mol. The second kappa shape index (κ2) is 6.16. The molecule has 1 saturated heterocycles. The van der Waals surface area contributed by atoms with Crippen molar-refractivity contribution in [1.82, 2.24) is 9.80 Å². The molecule has 2 aliphatic carbocycles. The van der Waals surface area contributed by atoms with Gasteiger partial charge in [0.1, 0.15) is 0 Å². The van der Waals surface area contributed by atoms with Crippen molar-refractivity contribution in [1.29, 1.82) is 0 Å². The van der Waals surface area contributed by atoms with Crippen LogP contribution in [-0.4, -0.2) is 42.0 Å². The lowest BCUT2D eigenvalue weighted by Gasteiger charge is -2.41. The van der Waals surface area contributed by atoms with E-state index in [1.165, 1.54) is 68.2 Å². The fourth-order valence-corrected chi connectivity index (χ4v) is 5.58. The molecule has 5 rings (SSSR count). The van der Waals surface area contributed by atoms with Crippen LogP contribution in [0, 0.1) is 11.8 Å². The van der Waals surface area contributed by atoms with E-state index in [1.807, 2.05) is 0 Å². The summed E-state index contributed by atoms with van der Waals surface area (Å²) >= 11 is 0. The fourth-order valence-electron chi connectivity index (χ4n) is 5.58. The summed E-state index contributed by atoms with van der Waals surface area (Å²) in [5, 5.41) is 2.80. The van der Waals surface area contributed by atoms with Crippen LogP contribution in [0.2, 0.25) is 0 Å². The van der Waals surface area contributed by atoms with Crippen molar-refractivity contribution < 1.29 is 0 Å². The van der Waals surface area contributed by atoms with E-state index in [0.717, 1.165) is 24.4 Å². The van der Waals surface area contributed by atoms with Gasteiger partial charge in [-0.2, -0.15) is 0 Å². The topological polar surface area (TPSA) is 6.48 Å². The Kier molecular flexibility index (Phi) is 3.83. The molecule has 2 saturated carbocycles. The first-order chi connectivity index (χ1) is 11.9. The molecule has 126 valence electrons. The average molecular weight is 320 g/mol. The highest BCUT2D eigenvalue weighted by Gasteiger charge is 2.42. The van der Waals surface area contributed by atoms with Gasteiger partial charge in [0.15, 0.2) is 0 Å². The minimum atomic E-state index is 0.920. The Morgan fingerprint density at radius 2 is 1.67 bits per heavy atom. The Labute approximate surface area is 145 Å². The zero-order valence-electron chi connectivity index (χ0n) is 14.5. The first-order valence-electron chi connectivity index (χ1n) is 9.80. The molecule has 3 aliphatic rings. The van der Waals surface area contributed by atoms with Gasteiger partial charge in [-0.15, -0.1) is 0 Å². The minimum Gasteiger partial charge on any atom is -0.298 e. The van der Waals surface area contributed by atoms with Crippen LogP contribution in [0.25, 0.3) is 10.8 Å². The molecule has 0 spiro atoms. The molecule has 3 fully saturated rings. The smallest absolute Gasteiger partial charge is 0.0240 e. The number of nitrogens with zero attached hydrogens (tertiary/aromatic N) is 2. The van der Waals surface area contributed by atoms with Crippen LogP contribution in [-0.2, 0) is 6.54 Å². The zero-order valence-corrected chi connectivity index (χ0v) is 14.5. The van der Waals surface area contributed by atoms with Crippen LogP contribution in [0.1, 0.15) is 31.2 Å². The summed E-state index contributed by atoms with van der Waals surface area (Å²) in [6.45, 7) is 6.12. The molecular formula is C22H28N2. The number of fused-ring (bicyclic) bond motifs is 3. The van der Waals surface area contributed by atoms with E-state index in [2.05, 4.69) is 52.3 Å². The van der Waals surface area contributed by atoms with E-state index >= 15 is 0 Å². The van der Waals surface area contributed by atoms with Gasteiger partial charge in [0, 0.05) is 38.8 Å². The summed E-state index contributed by atoms with van der Waals surface area (Å²) in [5.41, 5.74) is 1.49. The molecule has 0 aromatic heterocycles. The van der Waals surface area contributed by atoms with Gasteiger partial charge in [-0.3, -0.25) is 9.80 Å². The maximum atomic E-state index is 2.82. The average Bonchev–Trinajstić information content (AvgIpc) is 3.26. The molecule has 1 heterocycles. The van der Waals surface area contributed by atoms with Gasteiger partial charge in [-0.1, -0.05) is 48.9 Å². The number of piperazine rings is 1. The molecule has 2 nitrogen and oxygen atoms in total. The molecule has 2 bridgehead atoms. The summed E-state index contributed by atoms with van der Waals surface area (Å²) < 4.78 is 0. The molecule has 0 N–H and O–H groups in total. The Hall–Kier alpha value is -1.38. The SMILES string of the molecule is c1ccc2c(CN3CCN([C@@H]4C[C@H]5CC[C@H]4C5)CC3)cccc2c1. The lowest BCUT2D eigenvalue weighted by Crippen LogP contribution is -2.51. The standard InChI is InChI=1S/C22H28N2/c1-2-7-21-18(4-1)5-3-6-20(21)16-23-10-12-24(13-11-23)22-15-17-8-9-19(22)14-17/h1-7,17,19,22H,8-16H2/t17-,19-,22+/m0/s1. The Balaban J connectivity index is 1.24. The highest BCUT2D eigenvalue weighted by atomic mass is 15.3. The van der Waals surface area contributed by atoms with Gasteiger partial charge in [-0.25, -0.2) is 0 Å². The second-order valence-electron chi connectivity index (χ2n) is 8.19. The van der Waals surface area contributed by atoms with Gasteiger partial charge < -0.3 is 0 Å². The van der Waals surface area contributed by atoms with Crippen molar-refractivity contribution >= 4 is 10.8 Å². The minimum absolute atomic E-state index is 0.920. The van der Waals surface area contributed by atoms with Gasteiger partial charge in [-0.05, 0) is 47.4 Å². The number of rotatable bonds is 3. The summed E-state index contributed by atoms with van der Waals surface area (Å²) in [7, 11) is 0. The first-order valence-corrected chi connectivity index (χ1v) is 9.80. The molecule has 0 unspecified atom stereocenters. The Morgan fingerprint density at radius 3 is 2.46 bits per heavy atom. The van der Waals surface area contributed by atoms with E-state index in [1.54, 1.807) is 0 Å². The molecular weight excluding hydrogens is 292 g/mol. The highest BCUT2D eigenvalue weighted by Crippen LogP contribution is 2.46. The zero-order chi connectivity index (χ0) is 15.9. The number of hydrogen-bond acceptors (Lipinski definition) is 2. The van der Waals surface area contributed by atoms with Crippen LogP contribution in [0.3, 0.4) is 0 Å². The van der Waals surface area contributed by atoms with Crippen molar-refractivity contribution in [2.75, 3.05) is 26.2 Å². The van der Waals surface area contributed by atoms with Crippen molar-refractivity contribution in [3.05, 3.63) is 48.0 Å². The van der Waals surface area contributed by atoms with Crippen molar-refractivity contribution in [2.45, 2.75) is 38.3 Å². The molecule has 2 aromatic rings. The predicted octanol–water partition coefficient (Wildman–Crippen LogP) is 4.15. The molecule has 24 heavy (non-hydrogen) atoms. The van der Waals surface area contributed by atoms with Gasteiger partial charge in [0.25, 0.3) is 0 Å². The van der Waals surface area contributed by atoms with Gasteiger partial charge in [0.2, 0.25) is 0 Å². The number of hydrogen-bond donors (Lipinski definition) is 0. The van der Waals surface area contributed by atoms with Crippen molar-refractivity contribution in [3.63, 3.8) is 0 Å². The molecule has 1 aliphatic heterocycles. The summed E-state index contributed by atoms with van der Waals surface area (Å²) in [6, 6.07) is 16.5. The van der Waals surface area contributed by atoms with E-state index in [0.29, 0.717) is 0 Å². The molecule has 3 atom stereocenters.